The van der Waals surface area contributed by atoms with Crippen LogP contribution in [0, 0.1) is 0 Å². The molecule has 2 aliphatic rings. The van der Waals surface area contributed by atoms with E-state index in [1.807, 2.05) is 7.05 Å². The summed E-state index contributed by atoms with van der Waals surface area (Å²) in [5.74, 6) is 1.27. The van der Waals surface area contributed by atoms with Crippen molar-refractivity contribution in [2.24, 2.45) is 4.99 Å². The number of rotatable bonds is 5. The fourth-order valence-corrected chi connectivity index (χ4v) is 4.32. The van der Waals surface area contributed by atoms with Crippen molar-refractivity contribution in [3.05, 3.63) is 0 Å². The maximum absolute atomic E-state index is 4.76. The molecule has 0 spiro atoms. The molecule has 3 heteroatoms. The van der Waals surface area contributed by atoms with Gasteiger partial charge in [-0.15, -0.1) is 0 Å². The first kappa shape index (κ1) is 17.6. The molecule has 0 amide bonds. The monoisotopic (exact) mass is 307 g/mol. The summed E-state index contributed by atoms with van der Waals surface area (Å²) in [6.45, 7) is 3.41. The van der Waals surface area contributed by atoms with Crippen molar-refractivity contribution in [2.75, 3.05) is 20.6 Å². The second-order valence-corrected chi connectivity index (χ2v) is 7.29. The Kier molecular flexibility index (Phi) is 7.54. The van der Waals surface area contributed by atoms with E-state index < -0.39 is 0 Å². The molecule has 0 aliphatic heterocycles. The maximum Gasteiger partial charge on any atom is 0.196 e. The van der Waals surface area contributed by atoms with Crippen molar-refractivity contribution >= 4 is 5.96 Å². The first-order valence-electron chi connectivity index (χ1n) is 9.74. The fraction of sp³-hybridized carbons (Fsp3) is 0.947. The van der Waals surface area contributed by atoms with Crippen LogP contribution in [0.25, 0.3) is 0 Å². The van der Waals surface area contributed by atoms with Crippen molar-refractivity contribution in [1.29, 1.82) is 0 Å². The lowest BCUT2D eigenvalue weighted by Gasteiger charge is -2.45. The fourth-order valence-electron chi connectivity index (χ4n) is 4.32. The van der Waals surface area contributed by atoms with Gasteiger partial charge in [-0.1, -0.05) is 51.9 Å². The van der Waals surface area contributed by atoms with Gasteiger partial charge in [-0.2, -0.15) is 0 Å². The molecule has 2 saturated carbocycles. The molecule has 2 rings (SSSR count). The van der Waals surface area contributed by atoms with Gasteiger partial charge in [-0.25, -0.2) is 0 Å². The average molecular weight is 308 g/mol. The molecule has 2 aliphatic carbocycles. The Morgan fingerprint density at radius 1 is 0.909 bits per heavy atom. The Hall–Kier alpha value is -0.730. The van der Waals surface area contributed by atoms with Crippen LogP contribution in [0.15, 0.2) is 4.99 Å². The summed E-state index contributed by atoms with van der Waals surface area (Å²) in [6, 6.07) is 1.47. The lowest BCUT2D eigenvalue weighted by atomic mass is 9.89. The molecule has 0 radical (unpaired) electrons. The Morgan fingerprint density at radius 2 is 1.41 bits per heavy atom. The van der Waals surface area contributed by atoms with Crippen LogP contribution in [0.1, 0.15) is 84.0 Å². The highest BCUT2D eigenvalue weighted by atomic mass is 15.4. The molecule has 0 heterocycles. The molecule has 0 aromatic heterocycles. The van der Waals surface area contributed by atoms with Crippen molar-refractivity contribution in [3.8, 4) is 0 Å². The number of unbranched alkanes of at least 4 members (excludes halogenated alkanes) is 1. The third-order valence-corrected chi connectivity index (χ3v) is 5.56. The van der Waals surface area contributed by atoms with Gasteiger partial charge < -0.3 is 9.80 Å². The topological polar surface area (TPSA) is 18.8 Å². The van der Waals surface area contributed by atoms with E-state index in [2.05, 4.69) is 23.8 Å². The summed E-state index contributed by atoms with van der Waals surface area (Å²) < 4.78 is 0. The lowest BCUT2D eigenvalue weighted by Crippen LogP contribution is -2.54. The minimum Gasteiger partial charge on any atom is -0.346 e. The molecule has 2 fully saturated rings. The van der Waals surface area contributed by atoms with E-state index in [4.69, 9.17) is 4.99 Å². The predicted molar refractivity (Wildman–Crippen MR) is 96.5 cm³/mol. The van der Waals surface area contributed by atoms with E-state index in [9.17, 15) is 0 Å². The average Bonchev–Trinajstić information content (AvgIpc) is 2.59. The van der Waals surface area contributed by atoms with Gasteiger partial charge in [-0.05, 0) is 32.1 Å². The molecule has 128 valence electrons. The SMILES string of the molecule is CCCCN(C)C(=NC)N(C1CCCCC1)C1CCCCC1. The number of hydrogen-bond donors (Lipinski definition) is 0. The largest absolute Gasteiger partial charge is 0.346 e. The van der Waals surface area contributed by atoms with E-state index in [-0.39, 0.29) is 0 Å². The molecular weight excluding hydrogens is 270 g/mol. The molecule has 0 aromatic carbocycles. The lowest BCUT2D eigenvalue weighted by molar-refractivity contribution is 0.140. The number of guanidine groups is 1. The smallest absolute Gasteiger partial charge is 0.196 e. The summed E-state index contributed by atoms with van der Waals surface area (Å²) >= 11 is 0. The van der Waals surface area contributed by atoms with Gasteiger partial charge in [0.25, 0.3) is 0 Å². The van der Waals surface area contributed by atoms with Crippen LogP contribution < -0.4 is 0 Å². The molecule has 0 N–H and O–H groups in total. The number of aliphatic imine (C=N–C) groups is 1. The highest BCUT2D eigenvalue weighted by molar-refractivity contribution is 5.80. The minimum atomic E-state index is 0.736. The minimum absolute atomic E-state index is 0.736. The Bertz CT molecular complexity index is 310. The zero-order valence-corrected chi connectivity index (χ0v) is 15.2. The molecule has 0 aromatic rings. The quantitative estimate of drug-likeness (QED) is 0.543. The second-order valence-electron chi connectivity index (χ2n) is 7.29. The van der Waals surface area contributed by atoms with Crippen molar-refractivity contribution in [3.63, 3.8) is 0 Å². The van der Waals surface area contributed by atoms with Crippen LogP contribution in [0.3, 0.4) is 0 Å². The van der Waals surface area contributed by atoms with Crippen LogP contribution >= 0.6 is 0 Å². The van der Waals surface area contributed by atoms with Crippen molar-refractivity contribution in [1.82, 2.24) is 9.80 Å². The zero-order valence-electron chi connectivity index (χ0n) is 15.2. The first-order chi connectivity index (χ1) is 10.8. The molecule has 0 saturated heterocycles. The molecule has 0 atom stereocenters. The van der Waals surface area contributed by atoms with E-state index in [1.165, 1.54) is 83.0 Å². The van der Waals surface area contributed by atoms with Gasteiger partial charge in [-0.3, -0.25) is 4.99 Å². The highest BCUT2D eigenvalue weighted by Crippen LogP contribution is 2.31. The van der Waals surface area contributed by atoms with Crippen LogP contribution in [0.2, 0.25) is 0 Å². The Labute approximate surface area is 138 Å². The van der Waals surface area contributed by atoms with E-state index in [0.29, 0.717) is 0 Å². The van der Waals surface area contributed by atoms with E-state index in [1.54, 1.807) is 0 Å². The van der Waals surface area contributed by atoms with Crippen molar-refractivity contribution in [2.45, 2.75) is 96.1 Å². The predicted octanol–water partition coefficient (Wildman–Crippen LogP) is 4.67. The number of nitrogens with zero attached hydrogens (tertiary/aromatic N) is 3. The summed E-state index contributed by atoms with van der Waals surface area (Å²) in [5.41, 5.74) is 0. The van der Waals surface area contributed by atoms with Gasteiger partial charge in [0.1, 0.15) is 0 Å². The van der Waals surface area contributed by atoms with Crippen LogP contribution in [0.4, 0.5) is 0 Å². The third-order valence-electron chi connectivity index (χ3n) is 5.56. The molecule has 22 heavy (non-hydrogen) atoms. The van der Waals surface area contributed by atoms with Crippen LogP contribution in [-0.4, -0.2) is 48.5 Å². The van der Waals surface area contributed by atoms with Gasteiger partial charge in [0.15, 0.2) is 5.96 Å². The van der Waals surface area contributed by atoms with E-state index >= 15 is 0 Å². The normalized spacial score (nSPS) is 21.9. The zero-order chi connectivity index (χ0) is 15.8. The van der Waals surface area contributed by atoms with Gasteiger partial charge in [0.2, 0.25) is 0 Å². The van der Waals surface area contributed by atoms with Crippen molar-refractivity contribution < 1.29 is 0 Å². The summed E-state index contributed by atoms with van der Waals surface area (Å²) in [4.78, 5) is 9.94. The summed E-state index contributed by atoms with van der Waals surface area (Å²) in [7, 11) is 4.24. The summed E-state index contributed by atoms with van der Waals surface area (Å²) in [5, 5.41) is 0. The summed E-state index contributed by atoms with van der Waals surface area (Å²) in [6.07, 6.45) is 16.5. The highest BCUT2D eigenvalue weighted by Gasteiger charge is 2.32. The molecule has 0 bridgehead atoms. The standard InChI is InChI=1S/C19H37N3/c1-4-5-16-21(3)19(20-2)22(17-12-8-6-9-13-17)18-14-10-7-11-15-18/h17-18H,4-16H2,1-3H3. The van der Waals surface area contributed by atoms with Crippen LogP contribution in [-0.2, 0) is 0 Å². The Morgan fingerprint density at radius 3 is 1.82 bits per heavy atom. The molecular formula is C19H37N3. The van der Waals surface area contributed by atoms with Crippen LogP contribution in [0.5, 0.6) is 0 Å². The third kappa shape index (κ3) is 4.63. The van der Waals surface area contributed by atoms with E-state index in [0.717, 1.165) is 18.6 Å². The van der Waals surface area contributed by atoms with Gasteiger partial charge in [0.05, 0.1) is 0 Å². The molecule has 0 unspecified atom stereocenters. The first-order valence-corrected chi connectivity index (χ1v) is 9.74. The molecule has 3 nitrogen and oxygen atoms in total. The second kappa shape index (κ2) is 9.42. The maximum atomic E-state index is 4.76. The van der Waals surface area contributed by atoms with Gasteiger partial charge in [0, 0.05) is 32.7 Å². The number of hydrogen-bond acceptors (Lipinski definition) is 1. The van der Waals surface area contributed by atoms with Gasteiger partial charge >= 0.3 is 0 Å². The Balaban J connectivity index is 2.12.